The van der Waals surface area contributed by atoms with Gasteiger partial charge in [0.2, 0.25) is 0 Å². The van der Waals surface area contributed by atoms with Crippen molar-refractivity contribution in [2.45, 2.75) is 19.1 Å². The quantitative estimate of drug-likeness (QED) is 0.823. The third kappa shape index (κ3) is 5.89. The smallest absolute Gasteiger partial charge is 0.396 e. The Labute approximate surface area is 144 Å². The molecular weight excluding hydrogens is 329 g/mol. The fourth-order valence-electron chi connectivity index (χ4n) is 2.64. The van der Waals surface area contributed by atoms with E-state index < -0.39 is 12.7 Å². The summed E-state index contributed by atoms with van der Waals surface area (Å²) in [5.74, 6) is 0. The van der Waals surface area contributed by atoms with Gasteiger partial charge in [-0.05, 0) is 29.2 Å². The second kappa shape index (κ2) is 8.65. The number of hydrogen-bond acceptors (Lipinski definition) is 3. The molecule has 2 aromatic carbocycles. The fourth-order valence-corrected chi connectivity index (χ4v) is 2.64. The highest BCUT2D eigenvalue weighted by atomic mass is 19.4. The average Bonchev–Trinajstić information content (AvgIpc) is 2.59. The first kappa shape index (κ1) is 19.0. The van der Waals surface area contributed by atoms with Crippen molar-refractivity contribution in [1.29, 1.82) is 5.26 Å². The van der Waals surface area contributed by atoms with Gasteiger partial charge in [0.05, 0.1) is 18.2 Å². The molecule has 0 atom stereocenters. The maximum Gasteiger partial charge on any atom is 0.401 e. The molecule has 0 saturated heterocycles. The highest BCUT2D eigenvalue weighted by Crippen LogP contribution is 2.24. The minimum Gasteiger partial charge on any atom is -0.396 e. The molecule has 0 saturated carbocycles. The molecule has 1 N–H and O–H groups in total. The van der Waals surface area contributed by atoms with E-state index in [1.54, 1.807) is 24.3 Å². The molecule has 0 aliphatic rings. The predicted molar refractivity (Wildman–Crippen MR) is 89.6 cm³/mol. The molecule has 0 radical (unpaired) electrons. The van der Waals surface area contributed by atoms with Crippen LogP contribution in [-0.4, -0.2) is 35.9 Å². The van der Waals surface area contributed by atoms with Gasteiger partial charge in [0.25, 0.3) is 0 Å². The Balaban J connectivity index is 2.13. The molecular formula is C19H19F3N2O. The largest absolute Gasteiger partial charge is 0.401 e. The van der Waals surface area contributed by atoms with Crippen LogP contribution in [0.15, 0.2) is 48.5 Å². The normalized spacial score (nSPS) is 11.5. The molecule has 0 unspecified atom stereocenters. The van der Waals surface area contributed by atoms with Crippen molar-refractivity contribution in [3.8, 4) is 17.2 Å². The maximum absolute atomic E-state index is 12.7. The van der Waals surface area contributed by atoms with Crippen molar-refractivity contribution in [2.24, 2.45) is 0 Å². The predicted octanol–water partition coefficient (Wildman–Crippen LogP) is 3.97. The number of aliphatic hydroxyl groups excluding tert-OH is 1. The van der Waals surface area contributed by atoms with E-state index in [9.17, 15) is 13.2 Å². The molecule has 0 fully saturated rings. The Morgan fingerprint density at radius 3 is 2.32 bits per heavy atom. The molecule has 0 aliphatic carbocycles. The van der Waals surface area contributed by atoms with E-state index in [1.165, 1.54) is 4.90 Å². The van der Waals surface area contributed by atoms with Gasteiger partial charge in [-0.1, -0.05) is 42.5 Å². The minimum absolute atomic E-state index is 0.141. The number of nitrogens with zero attached hydrogens (tertiary/aromatic N) is 2. The van der Waals surface area contributed by atoms with Crippen molar-refractivity contribution >= 4 is 0 Å². The topological polar surface area (TPSA) is 47.3 Å². The second-order valence-corrected chi connectivity index (χ2v) is 5.76. The molecule has 25 heavy (non-hydrogen) atoms. The summed E-state index contributed by atoms with van der Waals surface area (Å²) >= 11 is 0. The van der Waals surface area contributed by atoms with Gasteiger partial charge in [0, 0.05) is 19.7 Å². The van der Waals surface area contributed by atoms with Crippen LogP contribution in [0.1, 0.15) is 17.5 Å². The average molecular weight is 348 g/mol. The number of nitriles is 1. The van der Waals surface area contributed by atoms with Gasteiger partial charge < -0.3 is 5.11 Å². The number of hydrogen-bond donors (Lipinski definition) is 1. The lowest BCUT2D eigenvalue weighted by Crippen LogP contribution is -2.34. The Morgan fingerprint density at radius 1 is 1.04 bits per heavy atom. The lowest BCUT2D eigenvalue weighted by molar-refractivity contribution is -0.147. The van der Waals surface area contributed by atoms with E-state index in [-0.39, 0.29) is 19.7 Å². The lowest BCUT2D eigenvalue weighted by Gasteiger charge is -2.23. The lowest BCUT2D eigenvalue weighted by atomic mass is 9.99. The maximum atomic E-state index is 12.7. The minimum atomic E-state index is -4.28. The third-order valence-electron chi connectivity index (χ3n) is 3.75. The number of benzene rings is 2. The van der Waals surface area contributed by atoms with E-state index >= 15 is 0 Å². The summed E-state index contributed by atoms with van der Waals surface area (Å²) in [6, 6.07) is 16.5. The third-order valence-corrected chi connectivity index (χ3v) is 3.75. The monoisotopic (exact) mass is 348 g/mol. The van der Waals surface area contributed by atoms with Crippen LogP contribution in [0.4, 0.5) is 13.2 Å². The van der Waals surface area contributed by atoms with Crippen LogP contribution in [0.5, 0.6) is 0 Å². The second-order valence-electron chi connectivity index (χ2n) is 5.76. The number of halogens is 3. The van der Waals surface area contributed by atoms with E-state index in [1.807, 2.05) is 24.3 Å². The Morgan fingerprint density at radius 2 is 1.72 bits per heavy atom. The van der Waals surface area contributed by atoms with Gasteiger partial charge in [-0.15, -0.1) is 0 Å². The van der Waals surface area contributed by atoms with Gasteiger partial charge in [-0.25, -0.2) is 0 Å². The number of rotatable bonds is 7. The highest BCUT2D eigenvalue weighted by Gasteiger charge is 2.30. The molecule has 0 heterocycles. The first-order valence-corrected chi connectivity index (χ1v) is 7.91. The number of aliphatic hydroxyl groups is 1. The first-order chi connectivity index (χ1) is 11.9. The van der Waals surface area contributed by atoms with Crippen molar-refractivity contribution < 1.29 is 18.3 Å². The van der Waals surface area contributed by atoms with E-state index in [0.717, 1.165) is 16.7 Å². The zero-order valence-electron chi connectivity index (χ0n) is 13.6. The summed E-state index contributed by atoms with van der Waals surface area (Å²) in [5.41, 5.74) is 2.94. The summed E-state index contributed by atoms with van der Waals surface area (Å²) in [4.78, 5) is 1.27. The van der Waals surface area contributed by atoms with E-state index in [4.69, 9.17) is 10.4 Å². The molecule has 0 spiro atoms. The van der Waals surface area contributed by atoms with Crippen LogP contribution in [0.2, 0.25) is 0 Å². The Bertz CT molecular complexity index is 721. The van der Waals surface area contributed by atoms with Crippen LogP contribution >= 0.6 is 0 Å². The highest BCUT2D eigenvalue weighted by molar-refractivity contribution is 5.70. The van der Waals surface area contributed by atoms with Gasteiger partial charge in [0.1, 0.15) is 0 Å². The summed E-state index contributed by atoms with van der Waals surface area (Å²) < 4.78 is 38.0. The molecule has 0 aromatic heterocycles. The van der Waals surface area contributed by atoms with Crippen LogP contribution in [-0.2, 0) is 6.54 Å². The van der Waals surface area contributed by atoms with Gasteiger partial charge >= 0.3 is 6.18 Å². The molecule has 2 rings (SSSR count). The summed E-state index contributed by atoms with van der Waals surface area (Å²) in [6.07, 6.45) is -3.98. The molecule has 2 aromatic rings. The molecule has 132 valence electrons. The fraction of sp³-hybridized carbons (Fsp3) is 0.316. The van der Waals surface area contributed by atoms with E-state index in [0.29, 0.717) is 12.0 Å². The molecule has 6 heteroatoms. The molecule has 0 amide bonds. The molecule has 0 aliphatic heterocycles. The zero-order valence-corrected chi connectivity index (χ0v) is 13.6. The summed E-state index contributed by atoms with van der Waals surface area (Å²) in [6.45, 7) is -0.820. The van der Waals surface area contributed by atoms with Crippen LogP contribution in [0.25, 0.3) is 11.1 Å². The SMILES string of the molecule is N#Cc1ccccc1-c1ccc(CN(CCCO)CC(F)(F)F)cc1. The zero-order chi connectivity index (χ0) is 18.3. The van der Waals surface area contributed by atoms with Gasteiger partial charge in [0.15, 0.2) is 0 Å². The van der Waals surface area contributed by atoms with Crippen molar-refractivity contribution in [3.05, 3.63) is 59.7 Å². The Hall–Kier alpha value is -2.36. The van der Waals surface area contributed by atoms with Crippen LogP contribution < -0.4 is 0 Å². The standard InChI is InChI=1S/C19H19F3N2O/c20-19(21,22)14-24(10-3-11-25)13-15-6-8-16(9-7-15)18-5-2-1-4-17(18)12-23/h1-2,4-9,25H,3,10-11,13-14H2. The summed E-state index contributed by atoms with van der Waals surface area (Å²) in [7, 11) is 0. The van der Waals surface area contributed by atoms with Crippen molar-refractivity contribution in [3.63, 3.8) is 0 Å². The van der Waals surface area contributed by atoms with Crippen LogP contribution in [0, 0.1) is 11.3 Å². The van der Waals surface area contributed by atoms with Gasteiger partial charge in [-0.3, -0.25) is 4.90 Å². The number of alkyl halides is 3. The Kier molecular flexibility index (Phi) is 6.57. The van der Waals surface area contributed by atoms with E-state index in [2.05, 4.69) is 6.07 Å². The first-order valence-electron chi connectivity index (χ1n) is 7.91. The van der Waals surface area contributed by atoms with Crippen molar-refractivity contribution in [1.82, 2.24) is 4.90 Å². The van der Waals surface area contributed by atoms with Crippen LogP contribution in [0.3, 0.4) is 0 Å². The van der Waals surface area contributed by atoms with Crippen molar-refractivity contribution in [2.75, 3.05) is 19.7 Å². The molecule has 3 nitrogen and oxygen atoms in total. The molecule has 0 bridgehead atoms. The van der Waals surface area contributed by atoms with Gasteiger partial charge in [-0.2, -0.15) is 18.4 Å². The summed E-state index contributed by atoms with van der Waals surface area (Å²) in [5, 5.41) is 18.0.